The fourth-order valence-electron chi connectivity index (χ4n) is 2.89. The van der Waals surface area contributed by atoms with Gasteiger partial charge in [-0.15, -0.1) is 21.5 Å². The first-order valence-electron chi connectivity index (χ1n) is 9.70. The molecule has 168 valence electrons. The summed E-state index contributed by atoms with van der Waals surface area (Å²) in [7, 11) is 0. The Kier molecular flexibility index (Phi) is 7.10. The first-order chi connectivity index (χ1) is 16.0. The molecule has 2 aromatic carbocycles. The number of anilines is 1. The number of aromatic nitrogens is 3. The van der Waals surface area contributed by atoms with Crippen LogP contribution in [0.5, 0.6) is 0 Å². The molecule has 2 N–H and O–H groups in total. The number of thiophene rings is 1. The summed E-state index contributed by atoms with van der Waals surface area (Å²) in [6.07, 6.45) is 0. The minimum Gasteiger partial charge on any atom is -0.344 e. The van der Waals surface area contributed by atoms with E-state index in [9.17, 15) is 18.4 Å². The number of para-hydroxylation sites is 1. The minimum atomic E-state index is -0.533. The zero-order valence-electron chi connectivity index (χ0n) is 17.0. The molecule has 4 aromatic rings. The van der Waals surface area contributed by atoms with Crippen molar-refractivity contribution in [3.63, 3.8) is 0 Å². The van der Waals surface area contributed by atoms with Gasteiger partial charge < -0.3 is 10.6 Å². The molecular weight excluding hydrogens is 468 g/mol. The third-order valence-electron chi connectivity index (χ3n) is 4.42. The molecule has 0 unspecified atom stereocenters. The summed E-state index contributed by atoms with van der Waals surface area (Å²) in [5.41, 5.74) is 0.652. The van der Waals surface area contributed by atoms with Gasteiger partial charge >= 0.3 is 0 Å². The summed E-state index contributed by atoms with van der Waals surface area (Å²) >= 11 is 2.40. The molecule has 0 saturated carbocycles. The third-order valence-corrected chi connectivity index (χ3v) is 6.22. The predicted octanol–water partition coefficient (Wildman–Crippen LogP) is 4.27. The third kappa shape index (κ3) is 5.62. The van der Waals surface area contributed by atoms with Gasteiger partial charge in [0.2, 0.25) is 5.91 Å². The van der Waals surface area contributed by atoms with Crippen molar-refractivity contribution in [2.75, 3.05) is 11.1 Å². The molecule has 0 radical (unpaired) electrons. The van der Waals surface area contributed by atoms with E-state index >= 15 is 0 Å². The van der Waals surface area contributed by atoms with Crippen molar-refractivity contribution in [3.8, 4) is 5.69 Å². The van der Waals surface area contributed by atoms with Crippen LogP contribution in [0.4, 0.5) is 14.5 Å². The van der Waals surface area contributed by atoms with E-state index in [1.807, 2.05) is 0 Å². The summed E-state index contributed by atoms with van der Waals surface area (Å²) in [5, 5.41) is 15.7. The lowest BCUT2D eigenvalue weighted by atomic mass is 10.3. The summed E-state index contributed by atoms with van der Waals surface area (Å²) in [5.74, 6) is -1.27. The fourth-order valence-corrected chi connectivity index (χ4v) is 4.30. The number of rotatable bonds is 8. The summed E-state index contributed by atoms with van der Waals surface area (Å²) in [6.45, 7) is 0.0725. The Morgan fingerprint density at radius 3 is 2.52 bits per heavy atom. The standard InChI is InChI=1S/C22H17F2N5O2S2/c23-14-7-9-15(10-8-14)29-19(12-25-21(31)18-6-3-11-32-18)27-28-22(29)33-13-20(30)26-17-5-2-1-4-16(17)24/h1-11H,12-13H2,(H,25,31)(H,26,30). The lowest BCUT2D eigenvalue weighted by Crippen LogP contribution is -2.24. The molecule has 0 atom stereocenters. The second-order valence-electron chi connectivity index (χ2n) is 6.69. The van der Waals surface area contributed by atoms with Crippen molar-refractivity contribution in [2.24, 2.45) is 0 Å². The Morgan fingerprint density at radius 2 is 1.79 bits per heavy atom. The summed E-state index contributed by atoms with van der Waals surface area (Å²) in [4.78, 5) is 25.2. The van der Waals surface area contributed by atoms with E-state index in [0.717, 1.165) is 11.8 Å². The molecule has 2 heterocycles. The monoisotopic (exact) mass is 485 g/mol. The van der Waals surface area contributed by atoms with E-state index in [0.29, 0.717) is 21.5 Å². The van der Waals surface area contributed by atoms with Crippen molar-refractivity contribution in [2.45, 2.75) is 11.7 Å². The largest absolute Gasteiger partial charge is 0.344 e. The number of amides is 2. The van der Waals surface area contributed by atoms with Crippen molar-refractivity contribution in [3.05, 3.63) is 88.4 Å². The molecule has 0 saturated heterocycles. The topological polar surface area (TPSA) is 88.9 Å². The van der Waals surface area contributed by atoms with Crippen LogP contribution in [0.1, 0.15) is 15.5 Å². The highest BCUT2D eigenvalue weighted by molar-refractivity contribution is 7.99. The molecule has 0 fully saturated rings. The molecule has 11 heteroatoms. The fraction of sp³-hybridized carbons (Fsp3) is 0.0909. The zero-order valence-corrected chi connectivity index (χ0v) is 18.6. The molecule has 4 rings (SSSR count). The first-order valence-corrected chi connectivity index (χ1v) is 11.6. The van der Waals surface area contributed by atoms with Crippen molar-refractivity contribution in [1.29, 1.82) is 0 Å². The molecule has 2 aromatic heterocycles. The van der Waals surface area contributed by atoms with Gasteiger partial charge in [-0.1, -0.05) is 30.0 Å². The van der Waals surface area contributed by atoms with Gasteiger partial charge in [-0.3, -0.25) is 14.2 Å². The zero-order chi connectivity index (χ0) is 23.2. The number of carbonyl (C=O) groups excluding carboxylic acids is 2. The van der Waals surface area contributed by atoms with Gasteiger partial charge in [0, 0.05) is 5.69 Å². The Hall–Kier alpha value is -3.57. The number of halogens is 2. The molecule has 7 nitrogen and oxygen atoms in total. The van der Waals surface area contributed by atoms with Crippen LogP contribution in [0.15, 0.2) is 71.2 Å². The molecule has 0 bridgehead atoms. The normalized spacial score (nSPS) is 10.7. The molecular formula is C22H17F2N5O2S2. The smallest absolute Gasteiger partial charge is 0.261 e. The molecule has 0 spiro atoms. The summed E-state index contributed by atoms with van der Waals surface area (Å²) < 4.78 is 28.9. The van der Waals surface area contributed by atoms with E-state index in [1.54, 1.807) is 40.3 Å². The van der Waals surface area contributed by atoms with E-state index in [-0.39, 0.29) is 23.9 Å². The average Bonchev–Trinajstić information content (AvgIpc) is 3.49. The first kappa shape index (κ1) is 22.6. The number of thioether (sulfide) groups is 1. The van der Waals surface area contributed by atoms with Gasteiger partial charge in [0.25, 0.3) is 5.91 Å². The number of nitrogens with zero attached hydrogens (tertiary/aromatic N) is 3. The number of carbonyl (C=O) groups is 2. The van der Waals surface area contributed by atoms with Crippen molar-refractivity contribution < 1.29 is 18.4 Å². The molecule has 0 aliphatic carbocycles. The minimum absolute atomic E-state index is 0.0603. The Labute approximate surface area is 195 Å². The van der Waals surface area contributed by atoms with Gasteiger partial charge in [-0.2, -0.15) is 0 Å². The van der Waals surface area contributed by atoms with Gasteiger partial charge in [0.15, 0.2) is 11.0 Å². The molecule has 0 aliphatic heterocycles. The van der Waals surface area contributed by atoms with Crippen LogP contribution in [0.3, 0.4) is 0 Å². The Morgan fingerprint density at radius 1 is 1.00 bits per heavy atom. The Bertz CT molecular complexity index is 1260. The van der Waals surface area contributed by atoms with Crippen LogP contribution in [0.2, 0.25) is 0 Å². The lowest BCUT2D eigenvalue weighted by molar-refractivity contribution is -0.113. The number of hydrogen-bond donors (Lipinski definition) is 2. The maximum absolute atomic E-state index is 13.8. The highest BCUT2D eigenvalue weighted by atomic mass is 32.2. The van der Waals surface area contributed by atoms with E-state index in [2.05, 4.69) is 20.8 Å². The average molecular weight is 486 g/mol. The number of nitrogens with one attached hydrogen (secondary N) is 2. The number of benzene rings is 2. The van der Waals surface area contributed by atoms with Crippen LogP contribution < -0.4 is 10.6 Å². The number of hydrogen-bond acceptors (Lipinski definition) is 6. The second-order valence-corrected chi connectivity index (χ2v) is 8.58. The van der Waals surface area contributed by atoms with Gasteiger partial charge in [0.1, 0.15) is 11.6 Å². The van der Waals surface area contributed by atoms with Crippen molar-refractivity contribution >= 4 is 40.6 Å². The van der Waals surface area contributed by atoms with E-state index in [1.165, 1.54) is 41.7 Å². The molecule has 2 amide bonds. The van der Waals surface area contributed by atoms with Crippen LogP contribution in [-0.2, 0) is 11.3 Å². The van der Waals surface area contributed by atoms with Gasteiger partial charge in [-0.25, -0.2) is 8.78 Å². The molecule has 0 aliphatic rings. The van der Waals surface area contributed by atoms with Crippen LogP contribution in [0, 0.1) is 11.6 Å². The van der Waals surface area contributed by atoms with E-state index in [4.69, 9.17) is 0 Å². The predicted molar refractivity (Wildman–Crippen MR) is 123 cm³/mol. The van der Waals surface area contributed by atoms with Crippen molar-refractivity contribution in [1.82, 2.24) is 20.1 Å². The van der Waals surface area contributed by atoms with Gasteiger partial charge in [0.05, 0.1) is 22.9 Å². The maximum atomic E-state index is 13.8. The second kappa shape index (κ2) is 10.4. The highest BCUT2D eigenvalue weighted by Crippen LogP contribution is 2.23. The quantitative estimate of drug-likeness (QED) is 0.364. The van der Waals surface area contributed by atoms with E-state index < -0.39 is 17.5 Å². The SMILES string of the molecule is O=C(CSc1nnc(CNC(=O)c2cccs2)n1-c1ccc(F)cc1)Nc1ccccc1F. The van der Waals surface area contributed by atoms with Crippen LogP contribution in [0.25, 0.3) is 5.69 Å². The Balaban J connectivity index is 1.50. The maximum Gasteiger partial charge on any atom is 0.261 e. The van der Waals surface area contributed by atoms with Crippen LogP contribution >= 0.6 is 23.1 Å². The summed E-state index contributed by atoms with van der Waals surface area (Å²) in [6, 6.07) is 15.0. The highest BCUT2D eigenvalue weighted by Gasteiger charge is 2.18. The lowest BCUT2D eigenvalue weighted by Gasteiger charge is -2.11. The molecule has 33 heavy (non-hydrogen) atoms. The van der Waals surface area contributed by atoms with Gasteiger partial charge in [-0.05, 0) is 47.8 Å². The van der Waals surface area contributed by atoms with Crippen LogP contribution in [-0.4, -0.2) is 32.3 Å².